The van der Waals surface area contributed by atoms with Gasteiger partial charge in [0.05, 0.1) is 6.54 Å². The second-order valence-electron chi connectivity index (χ2n) is 2.56. The lowest BCUT2D eigenvalue weighted by atomic mass is 10.4. The second kappa shape index (κ2) is 4.56. The van der Waals surface area contributed by atoms with Crippen molar-refractivity contribution >= 4 is 5.97 Å². The average Bonchev–Trinajstić information content (AvgIpc) is 2.45. The molecule has 13 heavy (non-hydrogen) atoms. The summed E-state index contributed by atoms with van der Waals surface area (Å²) in [6.45, 7) is 2.21. The highest BCUT2D eigenvalue weighted by atomic mass is 16.5. The van der Waals surface area contributed by atoms with Crippen molar-refractivity contribution in [3.8, 4) is 0 Å². The molecule has 0 unspecified atom stereocenters. The van der Waals surface area contributed by atoms with E-state index in [1.165, 1.54) is 0 Å². The van der Waals surface area contributed by atoms with Crippen LogP contribution in [0.15, 0.2) is 4.52 Å². The fourth-order valence-corrected chi connectivity index (χ4v) is 0.832. The SMILES string of the molecule is Cc1noc(CCNCC(=O)O)n1. The quantitative estimate of drug-likeness (QED) is 0.606. The molecule has 0 aliphatic rings. The summed E-state index contributed by atoms with van der Waals surface area (Å²) in [7, 11) is 0. The highest BCUT2D eigenvalue weighted by Crippen LogP contribution is 1.95. The maximum atomic E-state index is 10.1. The first-order chi connectivity index (χ1) is 6.18. The van der Waals surface area contributed by atoms with E-state index in [0.29, 0.717) is 24.7 Å². The van der Waals surface area contributed by atoms with Crippen molar-refractivity contribution in [2.45, 2.75) is 13.3 Å². The van der Waals surface area contributed by atoms with Crippen molar-refractivity contribution < 1.29 is 14.4 Å². The van der Waals surface area contributed by atoms with Crippen LogP contribution in [-0.2, 0) is 11.2 Å². The number of carbonyl (C=O) groups is 1. The van der Waals surface area contributed by atoms with Crippen LogP contribution in [0, 0.1) is 6.92 Å². The number of carboxylic acids is 1. The summed E-state index contributed by atoms with van der Waals surface area (Å²) in [6.07, 6.45) is 0.550. The predicted molar refractivity (Wildman–Crippen MR) is 43.2 cm³/mol. The molecule has 1 aromatic rings. The topological polar surface area (TPSA) is 88.2 Å². The second-order valence-corrected chi connectivity index (χ2v) is 2.56. The summed E-state index contributed by atoms with van der Waals surface area (Å²) in [5, 5.41) is 14.6. The lowest BCUT2D eigenvalue weighted by Crippen LogP contribution is -2.24. The van der Waals surface area contributed by atoms with Crippen LogP contribution in [0.5, 0.6) is 0 Å². The van der Waals surface area contributed by atoms with Crippen LogP contribution in [0.1, 0.15) is 11.7 Å². The van der Waals surface area contributed by atoms with Crippen molar-refractivity contribution in [1.29, 1.82) is 0 Å². The Morgan fingerprint density at radius 3 is 3.00 bits per heavy atom. The molecule has 1 rings (SSSR count). The first-order valence-electron chi connectivity index (χ1n) is 3.90. The Morgan fingerprint density at radius 1 is 1.69 bits per heavy atom. The number of nitrogens with zero attached hydrogens (tertiary/aromatic N) is 2. The molecule has 72 valence electrons. The van der Waals surface area contributed by atoms with Crippen LogP contribution in [0.4, 0.5) is 0 Å². The van der Waals surface area contributed by atoms with E-state index >= 15 is 0 Å². The van der Waals surface area contributed by atoms with Gasteiger partial charge < -0.3 is 14.9 Å². The van der Waals surface area contributed by atoms with Crippen LogP contribution >= 0.6 is 0 Å². The van der Waals surface area contributed by atoms with Gasteiger partial charge in [-0.05, 0) is 6.92 Å². The molecule has 2 N–H and O–H groups in total. The third-order valence-electron chi connectivity index (χ3n) is 1.36. The van der Waals surface area contributed by atoms with Crippen LogP contribution < -0.4 is 5.32 Å². The molecule has 1 heterocycles. The minimum Gasteiger partial charge on any atom is -0.480 e. The first kappa shape index (κ1) is 9.66. The summed E-state index contributed by atoms with van der Waals surface area (Å²) in [6, 6.07) is 0. The van der Waals surface area contributed by atoms with Crippen molar-refractivity contribution in [3.63, 3.8) is 0 Å². The Hall–Kier alpha value is -1.43. The van der Waals surface area contributed by atoms with Gasteiger partial charge in [-0.15, -0.1) is 0 Å². The van der Waals surface area contributed by atoms with Crippen molar-refractivity contribution in [2.75, 3.05) is 13.1 Å². The lowest BCUT2D eigenvalue weighted by Gasteiger charge is -1.96. The van der Waals surface area contributed by atoms with E-state index < -0.39 is 5.97 Å². The van der Waals surface area contributed by atoms with Gasteiger partial charge in [0.2, 0.25) is 5.89 Å². The standard InChI is InChI=1S/C7H11N3O3/c1-5-9-6(13-10-5)2-3-8-4-7(11)12/h8H,2-4H2,1H3,(H,11,12). The third kappa shape index (κ3) is 3.66. The number of nitrogens with one attached hydrogen (secondary N) is 1. The Morgan fingerprint density at radius 2 is 2.46 bits per heavy atom. The summed E-state index contributed by atoms with van der Waals surface area (Å²) < 4.78 is 4.82. The van der Waals surface area contributed by atoms with Gasteiger partial charge in [0.25, 0.3) is 0 Å². The first-order valence-corrected chi connectivity index (χ1v) is 3.90. The molecule has 6 nitrogen and oxygen atoms in total. The van der Waals surface area contributed by atoms with Crippen molar-refractivity contribution in [3.05, 3.63) is 11.7 Å². The summed E-state index contributed by atoms with van der Waals surface area (Å²) >= 11 is 0. The van der Waals surface area contributed by atoms with Crippen LogP contribution in [-0.4, -0.2) is 34.3 Å². The van der Waals surface area contributed by atoms with Crippen LogP contribution in [0.3, 0.4) is 0 Å². The maximum absolute atomic E-state index is 10.1. The average molecular weight is 185 g/mol. The zero-order valence-electron chi connectivity index (χ0n) is 7.28. The number of hydrogen-bond acceptors (Lipinski definition) is 5. The summed E-state index contributed by atoms with van der Waals surface area (Å²) in [5.41, 5.74) is 0. The zero-order valence-corrected chi connectivity index (χ0v) is 7.28. The lowest BCUT2D eigenvalue weighted by molar-refractivity contribution is -0.135. The van der Waals surface area contributed by atoms with Gasteiger partial charge in [0.1, 0.15) is 0 Å². The van der Waals surface area contributed by atoms with E-state index in [4.69, 9.17) is 9.63 Å². The molecule has 0 atom stereocenters. The highest BCUT2D eigenvalue weighted by Gasteiger charge is 2.02. The fraction of sp³-hybridized carbons (Fsp3) is 0.571. The van der Waals surface area contributed by atoms with E-state index in [0.717, 1.165) is 0 Å². The molecule has 0 bridgehead atoms. The Labute approximate surface area is 74.9 Å². The van der Waals surface area contributed by atoms with Crippen LogP contribution in [0.25, 0.3) is 0 Å². The maximum Gasteiger partial charge on any atom is 0.317 e. The van der Waals surface area contributed by atoms with Gasteiger partial charge in [-0.2, -0.15) is 4.98 Å². The Kier molecular flexibility index (Phi) is 3.39. The summed E-state index contributed by atoms with van der Waals surface area (Å²) in [4.78, 5) is 14.1. The molecule has 0 amide bonds. The van der Waals surface area contributed by atoms with E-state index in [1.54, 1.807) is 6.92 Å². The molecule has 0 saturated carbocycles. The van der Waals surface area contributed by atoms with Crippen molar-refractivity contribution in [2.24, 2.45) is 0 Å². The van der Waals surface area contributed by atoms with Gasteiger partial charge in [0, 0.05) is 13.0 Å². The smallest absolute Gasteiger partial charge is 0.317 e. The largest absolute Gasteiger partial charge is 0.480 e. The number of aryl methyl sites for hydroxylation is 1. The molecule has 6 heteroatoms. The molecule has 0 fully saturated rings. The highest BCUT2D eigenvalue weighted by molar-refractivity contribution is 5.68. The monoisotopic (exact) mass is 185 g/mol. The Bertz CT molecular complexity index is 284. The number of carboxylic acid groups (broad SMARTS) is 1. The van der Waals surface area contributed by atoms with E-state index in [1.807, 2.05) is 0 Å². The van der Waals surface area contributed by atoms with E-state index in [9.17, 15) is 4.79 Å². The zero-order chi connectivity index (χ0) is 9.68. The minimum atomic E-state index is -0.873. The summed E-state index contributed by atoms with van der Waals surface area (Å²) in [5.74, 6) is 0.241. The molecule has 0 aliphatic carbocycles. The molecule has 0 radical (unpaired) electrons. The van der Waals surface area contributed by atoms with E-state index in [2.05, 4.69) is 15.5 Å². The third-order valence-corrected chi connectivity index (χ3v) is 1.36. The predicted octanol–water partition coefficient (Wildman–Crippen LogP) is -0.405. The van der Waals surface area contributed by atoms with Gasteiger partial charge in [-0.1, -0.05) is 5.16 Å². The molecule has 0 aliphatic heterocycles. The van der Waals surface area contributed by atoms with Gasteiger partial charge >= 0.3 is 5.97 Å². The number of aliphatic carboxylic acids is 1. The van der Waals surface area contributed by atoms with Gasteiger partial charge in [0.15, 0.2) is 5.82 Å². The van der Waals surface area contributed by atoms with E-state index in [-0.39, 0.29) is 6.54 Å². The minimum absolute atomic E-state index is 0.0485. The van der Waals surface area contributed by atoms with Crippen LogP contribution in [0.2, 0.25) is 0 Å². The molecule has 0 spiro atoms. The van der Waals surface area contributed by atoms with Gasteiger partial charge in [-0.25, -0.2) is 0 Å². The number of rotatable bonds is 5. The Balaban J connectivity index is 2.16. The molecular formula is C7H11N3O3. The number of aromatic nitrogens is 2. The normalized spacial score (nSPS) is 10.2. The number of hydrogen-bond donors (Lipinski definition) is 2. The molecule has 0 saturated heterocycles. The molecule has 1 aromatic heterocycles. The molecule has 0 aromatic carbocycles. The fourth-order valence-electron chi connectivity index (χ4n) is 0.832. The molecular weight excluding hydrogens is 174 g/mol. The van der Waals surface area contributed by atoms with Gasteiger partial charge in [-0.3, -0.25) is 4.79 Å². The van der Waals surface area contributed by atoms with Crippen molar-refractivity contribution in [1.82, 2.24) is 15.5 Å².